The van der Waals surface area contributed by atoms with Crippen LogP contribution in [-0.2, 0) is 9.53 Å². The molecule has 0 aromatic carbocycles. The number of aliphatic imine (C=N–C) groups is 1. The molecule has 14 heavy (non-hydrogen) atoms. The third-order valence-corrected chi connectivity index (χ3v) is 1.52. The number of carbonyl (C=O) groups excluding carboxylic acids is 1. The maximum absolute atomic E-state index is 11.3. The van der Waals surface area contributed by atoms with E-state index in [-0.39, 0.29) is 4.48 Å². The van der Waals surface area contributed by atoms with Crippen LogP contribution in [0.4, 0.5) is 0 Å². The highest BCUT2D eigenvalue weighted by Crippen LogP contribution is 2.14. The largest absolute Gasteiger partial charge is 0.456 e. The molecule has 0 aliphatic carbocycles. The second-order valence-corrected chi connectivity index (χ2v) is 4.40. The number of nitrogens with zero attached hydrogens (tertiary/aromatic N) is 1. The Labute approximate surface area is 92.3 Å². The number of rotatable bonds is 3. The van der Waals surface area contributed by atoms with Crippen LogP contribution in [0.25, 0.3) is 0 Å². The van der Waals surface area contributed by atoms with Gasteiger partial charge in [0, 0.05) is 19.0 Å². The molecule has 0 aromatic rings. The van der Waals surface area contributed by atoms with Gasteiger partial charge in [-0.2, -0.15) is 0 Å². The lowest BCUT2D eigenvalue weighted by Gasteiger charge is -2.18. The molecule has 4 nitrogen and oxygen atoms in total. The lowest BCUT2D eigenvalue weighted by molar-refractivity contribution is -0.148. The fraction of sp³-hybridized carbons (Fsp3) is 0.556. The third kappa shape index (κ3) is 6.80. The van der Waals surface area contributed by atoms with Gasteiger partial charge in [0.15, 0.2) is 0 Å². The Hall–Kier alpha value is -0.680. The van der Waals surface area contributed by atoms with Crippen LogP contribution in [0.3, 0.4) is 0 Å². The first-order chi connectivity index (χ1) is 6.37. The molecule has 2 N–H and O–H groups in total. The highest BCUT2D eigenvalue weighted by Gasteiger charge is 2.17. The predicted octanol–water partition coefficient (Wildman–Crippen LogP) is 1.59. The number of esters is 1. The van der Waals surface area contributed by atoms with E-state index in [0.29, 0.717) is 6.54 Å². The number of hydrogen-bond acceptors (Lipinski definition) is 4. The van der Waals surface area contributed by atoms with Crippen LogP contribution in [0.15, 0.2) is 15.7 Å². The summed E-state index contributed by atoms with van der Waals surface area (Å²) < 4.78 is 5.35. The zero-order valence-corrected chi connectivity index (χ0v) is 10.2. The Morgan fingerprint density at radius 3 is 2.57 bits per heavy atom. The zero-order valence-electron chi connectivity index (χ0n) is 8.58. The van der Waals surface area contributed by atoms with Crippen molar-refractivity contribution in [3.63, 3.8) is 0 Å². The number of halogens is 1. The Kier molecular flexibility index (Phi) is 5.64. The van der Waals surface area contributed by atoms with Gasteiger partial charge < -0.3 is 10.5 Å². The molecule has 0 aliphatic heterocycles. The molecule has 0 saturated carbocycles. The quantitative estimate of drug-likeness (QED) is 0.477. The first-order valence-electron chi connectivity index (χ1n) is 4.17. The topological polar surface area (TPSA) is 64.7 Å². The normalized spacial score (nSPS) is 13.4. The number of carbonyl (C=O) groups is 1. The smallest absolute Gasteiger partial charge is 0.347 e. The molecule has 0 aliphatic rings. The minimum atomic E-state index is -0.498. The van der Waals surface area contributed by atoms with Crippen molar-refractivity contribution in [3.8, 4) is 0 Å². The second kappa shape index (κ2) is 5.93. The lowest BCUT2D eigenvalue weighted by atomic mass is 10.2. The van der Waals surface area contributed by atoms with Gasteiger partial charge in [0.25, 0.3) is 0 Å². The van der Waals surface area contributed by atoms with Crippen molar-refractivity contribution in [1.29, 1.82) is 0 Å². The Morgan fingerprint density at radius 2 is 2.14 bits per heavy atom. The molecule has 80 valence electrons. The van der Waals surface area contributed by atoms with Crippen molar-refractivity contribution in [2.45, 2.75) is 26.4 Å². The molecule has 0 atom stereocenters. The van der Waals surface area contributed by atoms with E-state index >= 15 is 0 Å². The minimum absolute atomic E-state index is 0.275. The van der Waals surface area contributed by atoms with E-state index in [4.69, 9.17) is 10.5 Å². The zero-order chi connectivity index (χ0) is 11.2. The monoisotopic (exact) mass is 262 g/mol. The van der Waals surface area contributed by atoms with E-state index in [1.807, 2.05) is 0 Å². The van der Waals surface area contributed by atoms with Gasteiger partial charge in [0.1, 0.15) is 10.1 Å². The van der Waals surface area contributed by atoms with Crippen molar-refractivity contribution in [3.05, 3.63) is 10.7 Å². The summed E-state index contributed by atoms with van der Waals surface area (Å²) in [6.45, 7) is 5.74. The van der Waals surface area contributed by atoms with E-state index in [1.54, 1.807) is 20.8 Å². The fourth-order valence-corrected chi connectivity index (χ4v) is 0.758. The Balaban J connectivity index is 4.26. The van der Waals surface area contributed by atoms with Crippen LogP contribution in [0, 0.1) is 0 Å². The molecule has 0 radical (unpaired) electrons. The number of ether oxygens (including phenoxy) is 1. The van der Waals surface area contributed by atoms with Crippen molar-refractivity contribution in [2.75, 3.05) is 6.54 Å². The van der Waals surface area contributed by atoms with Crippen molar-refractivity contribution >= 4 is 28.1 Å². The van der Waals surface area contributed by atoms with E-state index < -0.39 is 11.6 Å². The molecule has 0 saturated heterocycles. The van der Waals surface area contributed by atoms with Crippen molar-refractivity contribution in [2.24, 2.45) is 10.7 Å². The highest BCUT2D eigenvalue weighted by atomic mass is 79.9. The Bertz CT molecular complexity index is 254. The first-order valence-corrected chi connectivity index (χ1v) is 4.97. The van der Waals surface area contributed by atoms with E-state index in [2.05, 4.69) is 20.9 Å². The van der Waals surface area contributed by atoms with E-state index in [9.17, 15) is 4.79 Å². The van der Waals surface area contributed by atoms with Crippen molar-refractivity contribution < 1.29 is 9.53 Å². The van der Waals surface area contributed by atoms with Crippen molar-refractivity contribution in [1.82, 2.24) is 0 Å². The van der Waals surface area contributed by atoms with E-state index in [1.165, 1.54) is 12.4 Å². The second-order valence-electron chi connectivity index (χ2n) is 3.55. The van der Waals surface area contributed by atoms with Gasteiger partial charge in [0.05, 0.1) is 0 Å². The molecular weight excluding hydrogens is 248 g/mol. The SMILES string of the molecule is CC(C)(C)OC(=O)C(Br)=C/N=C\CN. The maximum atomic E-state index is 11.3. The molecular formula is C9H15BrN2O2. The van der Waals surface area contributed by atoms with Gasteiger partial charge in [-0.3, -0.25) is 4.99 Å². The molecule has 0 unspecified atom stereocenters. The van der Waals surface area contributed by atoms with Gasteiger partial charge in [0.2, 0.25) is 0 Å². The summed E-state index contributed by atoms with van der Waals surface area (Å²) in [4.78, 5) is 15.1. The molecule has 5 heteroatoms. The standard InChI is InChI=1S/C9H15BrN2O2/c1-9(2,3)14-8(13)7(10)6-12-5-4-11/h5-6H,4,11H2,1-3H3/b7-6?,12-5-. The molecule has 0 rings (SSSR count). The average molecular weight is 263 g/mol. The third-order valence-electron chi connectivity index (χ3n) is 0.993. The maximum Gasteiger partial charge on any atom is 0.347 e. The van der Waals surface area contributed by atoms with Crippen LogP contribution in [0.1, 0.15) is 20.8 Å². The van der Waals surface area contributed by atoms with Crippen LogP contribution in [0.5, 0.6) is 0 Å². The molecule has 0 fully saturated rings. The molecule has 0 amide bonds. The van der Waals surface area contributed by atoms with Gasteiger partial charge in [-0.15, -0.1) is 0 Å². The summed E-state index contributed by atoms with van der Waals surface area (Å²) in [5, 5.41) is 0. The molecule has 0 bridgehead atoms. The Morgan fingerprint density at radius 1 is 1.57 bits per heavy atom. The lowest BCUT2D eigenvalue weighted by Crippen LogP contribution is -2.23. The summed E-state index contributed by atoms with van der Waals surface area (Å²) in [7, 11) is 0. The fourth-order valence-electron chi connectivity index (χ4n) is 0.559. The summed E-state index contributed by atoms with van der Waals surface area (Å²) in [5.74, 6) is -0.438. The predicted molar refractivity (Wildman–Crippen MR) is 60.4 cm³/mol. The summed E-state index contributed by atoms with van der Waals surface area (Å²) in [6, 6.07) is 0. The van der Waals surface area contributed by atoms with Gasteiger partial charge >= 0.3 is 5.97 Å². The molecule has 0 heterocycles. The summed E-state index contributed by atoms with van der Waals surface area (Å²) in [5.41, 5.74) is 4.68. The van der Waals surface area contributed by atoms with Crippen LogP contribution < -0.4 is 5.73 Å². The van der Waals surface area contributed by atoms with E-state index in [0.717, 1.165) is 0 Å². The first kappa shape index (κ1) is 13.3. The number of hydrogen-bond donors (Lipinski definition) is 1. The van der Waals surface area contributed by atoms with Crippen LogP contribution in [-0.4, -0.2) is 24.3 Å². The average Bonchev–Trinajstić information content (AvgIpc) is 2.01. The highest BCUT2D eigenvalue weighted by molar-refractivity contribution is 9.12. The van der Waals surface area contributed by atoms with Gasteiger partial charge in [-0.1, -0.05) is 0 Å². The minimum Gasteiger partial charge on any atom is -0.456 e. The summed E-state index contributed by atoms with van der Waals surface area (Å²) in [6.07, 6.45) is 2.85. The van der Waals surface area contributed by atoms with Gasteiger partial charge in [-0.05, 0) is 36.7 Å². The van der Waals surface area contributed by atoms with Crippen LogP contribution in [0.2, 0.25) is 0 Å². The summed E-state index contributed by atoms with van der Waals surface area (Å²) >= 11 is 3.06. The van der Waals surface area contributed by atoms with Gasteiger partial charge in [-0.25, -0.2) is 4.79 Å². The molecule has 0 spiro atoms. The van der Waals surface area contributed by atoms with Crippen LogP contribution >= 0.6 is 15.9 Å². The number of nitrogens with two attached hydrogens (primary N) is 1. The molecule has 0 aromatic heterocycles.